The second kappa shape index (κ2) is 10.5. The molecule has 0 unspecified atom stereocenters. The quantitative estimate of drug-likeness (QED) is 0.317. The van der Waals surface area contributed by atoms with E-state index in [9.17, 15) is 10.2 Å². The van der Waals surface area contributed by atoms with Gasteiger partial charge in [0.25, 0.3) is 0 Å². The summed E-state index contributed by atoms with van der Waals surface area (Å²) in [5.41, 5.74) is 7.60. The number of anilines is 1. The third kappa shape index (κ3) is 5.27. The van der Waals surface area contributed by atoms with Crippen LogP contribution in [0.15, 0.2) is 64.3 Å². The molecule has 0 saturated heterocycles. The van der Waals surface area contributed by atoms with E-state index in [1.807, 2.05) is 6.08 Å². The fraction of sp³-hybridized carbons (Fsp3) is 0.379. The molecule has 4 rings (SSSR count). The second-order valence-electron chi connectivity index (χ2n) is 9.77. The monoisotopic (exact) mass is 495 g/mol. The Morgan fingerprint density at radius 3 is 2.57 bits per heavy atom. The van der Waals surface area contributed by atoms with Crippen molar-refractivity contribution in [2.24, 2.45) is 0 Å². The molecule has 0 bridgehead atoms. The van der Waals surface area contributed by atoms with Crippen molar-refractivity contribution in [3.63, 3.8) is 0 Å². The van der Waals surface area contributed by atoms with Crippen LogP contribution in [0.25, 0.3) is 6.08 Å². The average Bonchev–Trinajstić information content (AvgIpc) is 3.02. The van der Waals surface area contributed by atoms with Crippen LogP contribution in [0, 0.1) is 6.92 Å². The molecular formula is C29H34ClNO4. The third-order valence-electron chi connectivity index (χ3n) is 6.85. The highest BCUT2D eigenvalue weighted by Crippen LogP contribution is 2.49. The SMILES string of the molecule is Cc1ccc2c(c1)C(C)(C)C(=CC1=C(Cl)C(=Cc3ccc(O)c(O)c3)CCC1)N2CCOCCO. The van der Waals surface area contributed by atoms with Gasteiger partial charge in [-0.05, 0) is 72.7 Å². The maximum absolute atomic E-state index is 9.87. The van der Waals surface area contributed by atoms with E-state index in [0.717, 1.165) is 41.0 Å². The Hall–Kier alpha value is -2.73. The number of allylic oxidation sites excluding steroid dienone is 5. The number of phenols is 2. The van der Waals surface area contributed by atoms with Crippen LogP contribution in [0.3, 0.4) is 0 Å². The molecule has 1 aliphatic heterocycles. The summed E-state index contributed by atoms with van der Waals surface area (Å²) in [6, 6.07) is 11.4. The molecule has 35 heavy (non-hydrogen) atoms. The number of nitrogens with zero attached hydrogens (tertiary/aromatic N) is 1. The van der Waals surface area contributed by atoms with E-state index in [-0.39, 0.29) is 23.5 Å². The topological polar surface area (TPSA) is 73.2 Å². The zero-order chi connectivity index (χ0) is 25.2. The van der Waals surface area contributed by atoms with Crippen LogP contribution in [-0.4, -0.2) is 41.7 Å². The maximum atomic E-state index is 9.87. The Morgan fingerprint density at radius 2 is 1.83 bits per heavy atom. The molecule has 3 N–H and O–H groups in total. The van der Waals surface area contributed by atoms with Crippen LogP contribution in [0.4, 0.5) is 5.69 Å². The van der Waals surface area contributed by atoms with Crippen LogP contribution < -0.4 is 4.90 Å². The van der Waals surface area contributed by atoms with Crippen molar-refractivity contribution in [2.75, 3.05) is 31.3 Å². The number of aromatic hydroxyl groups is 2. The molecule has 0 radical (unpaired) electrons. The summed E-state index contributed by atoms with van der Waals surface area (Å²) in [4.78, 5) is 2.32. The van der Waals surface area contributed by atoms with E-state index < -0.39 is 0 Å². The van der Waals surface area contributed by atoms with Gasteiger partial charge in [-0.2, -0.15) is 0 Å². The lowest BCUT2D eigenvalue weighted by Gasteiger charge is -2.29. The highest BCUT2D eigenvalue weighted by atomic mass is 35.5. The van der Waals surface area contributed by atoms with Gasteiger partial charge in [-0.25, -0.2) is 0 Å². The normalized spacial score (nSPS) is 19.6. The molecule has 5 nitrogen and oxygen atoms in total. The Balaban J connectivity index is 1.73. The van der Waals surface area contributed by atoms with Gasteiger partial charge < -0.3 is 25.0 Å². The predicted octanol–water partition coefficient (Wildman–Crippen LogP) is 6.16. The highest BCUT2D eigenvalue weighted by molar-refractivity contribution is 6.33. The van der Waals surface area contributed by atoms with Crippen molar-refractivity contribution in [1.82, 2.24) is 0 Å². The first kappa shape index (κ1) is 25.4. The van der Waals surface area contributed by atoms with E-state index >= 15 is 0 Å². The molecule has 2 aliphatic rings. The summed E-state index contributed by atoms with van der Waals surface area (Å²) in [6.07, 6.45) is 6.95. The number of aliphatic hydroxyl groups is 1. The summed E-state index contributed by atoms with van der Waals surface area (Å²) in [7, 11) is 0. The van der Waals surface area contributed by atoms with E-state index in [4.69, 9.17) is 21.4 Å². The third-order valence-corrected chi connectivity index (χ3v) is 7.34. The Kier molecular flexibility index (Phi) is 7.60. The Morgan fingerprint density at radius 1 is 1.03 bits per heavy atom. The number of phenolic OH excluding ortho intramolecular Hbond substituents is 2. The van der Waals surface area contributed by atoms with Gasteiger partial charge >= 0.3 is 0 Å². The van der Waals surface area contributed by atoms with Crippen LogP contribution in [-0.2, 0) is 10.2 Å². The number of ether oxygens (including phenoxy) is 1. The Labute approximate surface area is 212 Å². The maximum Gasteiger partial charge on any atom is 0.157 e. The summed E-state index contributed by atoms with van der Waals surface area (Å²) in [6.45, 7) is 8.16. The van der Waals surface area contributed by atoms with Crippen LogP contribution >= 0.6 is 11.6 Å². The van der Waals surface area contributed by atoms with E-state index in [0.29, 0.717) is 19.8 Å². The summed E-state index contributed by atoms with van der Waals surface area (Å²) >= 11 is 6.95. The van der Waals surface area contributed by atoms with Gasteiger partial charge in [0.15, 0.2) is 11.5 Å². The smallest absolute Gasteiger partial charge is 0.157 e. The van der Waals surface area contributed by atoms with Crippen LogP contribution in [0.2, 0.25) is 0 Å². The van der Waals surface area contributed by atoms with E-state index in [2.05, 4.69) is 49.9 Å². The van der Waals surface area contributed by atoms with Crippen molar-refractivity contribution in [3.05, 3.63) is 81.0 Å². The molecule has 0 atom stereocenters. The zero-order valence-corrected chi connectivity index (χ0v) is 21.4. The van der Waals surface area contributed by atoms with Gasteiger partial charge in [0.05, 0.1) is 19.8 Å². The van der Waals surface area contributed by atoms with Gasteiger partial charge in [0.2, 0.25) is 0 Å². The predicted molar refractivity (Wildman–Crippen MR) is 142 cm³/mol. The lowest BCUT2D eigenvalue weighted by molar-refractivity contribution is 0.0972. The van der Waals surface area contributed by atoms with Gasteiger partial charge in [-0.15, -0.1) is 0 Å². The van der Waals surface area contributed by atoms with Crippen LogP contribution in [0.5, 0.6) is 11.5 Å². The van der Waals surface area contributed by atoms with Gasteiger partial charge in [0, 0.05) is 28.4 Å². The summed E-state index contributed by atoms with van der Waals surface area (Å²) in [5.74, 6) is -0.276. The largest absolute Gasteiger partial charge is 0.504 e. The van der Waals surface area contributed by atoms with Gasteiger partial charge in [-0.1, -0.05) is 55.3 Å². The number of rotatable bonds is 7. The summed E-state index contributed by atoms with van der Waals surface area (Å²) in [5, 5.41) is 29.3. The number of aliphatic hydroxyl groups excluding tert-OH is 1. The molecule has 0 saturated carbocycles. The molecule has 2 aromatic carbocycles. The number of hydrogen-bond donors (Lipinski definition) is 3. The molecule has 0 spiro atoms. The minimum atomic E-state index is -0.202. The fourth-order valence-electron chi connectivity index (χ4n) is 4.98. The number of aryl methyl sites for hydroxylation is 1. The van der Waals surface area contributed by atoms with Gasteiger partial charge in [0.1, 0.15) is 0 Å². The second-order valence-corrected chi connectivity index (χ2v) is 10.2. The van der Waals surface area contributed by atoms with Crippen molar-refractivity contribution in [3.8, 4) is 11.5 Å². The highest BCUT2D eigenvalue weighted by Gasteiger charge is 2.40. The lowest BCUT2D eigenvalue weighted by Crippen LogP contribution is -2.29. The molecule has 2 aromatic rings. The molecule has 0 aromatic heterocycles. The van der Waals surface area contributed by atoms with Crippen LogP contribution in [0.1, 0.15) is 49.8 Å². The number of fused-ring (bicyclic) bond motifs is 1. The Bertz CT molecular complexity index is 1200. The number of halogens is 1. The molecule has 0 fully saturated rings. The fourth-order valence-corrected chi connectivity index (χ4v) is 5.27. The number of benzene rings is 2. The van der Waals surface area contributed by atoms with Crippen molar-refractivity contribution in [1.29, 1.82) is 0 Å². The van der Waals surface area contributed by atoms with E-state index in [1.54, 1.807) is 12.1 Å². The first-order chi connectivity index (χ1) is 16.7. The van der Waals surface area contributed by atoms with Gasteiger partial charge in [-0.3, -0.25) is 0 Å². The molecule has 1 heterocycles. The molecule has 1 aliphatic carbocycles. The van der Waals surface area contributed by atoms with Crippen molar-refractivity contribution >= 4 is 23.4 Å². The molecule has 6 heteroatoms. The standard InChI is InChI=1S/C29H34ClNO4/c1-19-7-9-24-23(15-19)29(2,3)27(31(24)11-13-35-14-12-32)18-22-6-4-5-21(28(22)30)16-20-8-10-25(33)26(34)17-20/h7-10,15-18,32-34H,4-6,11-14H2,1-3H3. The minimum Gasteiger partial charge on any atom is -0.504 e. The minimum absolute atomic E-state index is 0.0143. The zero-order valence-electron chi connectivity index (χ0n) is 20.6. The first-order valence-corrected chi connectivity index (χ1v) is 12.5. The summed E-state index contributed by atoms with van der Waals surface area (Å²) < 4.78 is 5.61. The molecular weight excluding hydrogens is 462 g/mol. The molecule has 0 amide bonds. The number of hydrogen-bond acceptors (Lipinski definition) is 5. The first-order valence-electron chi connectivity index (χ1n) is 12.1. The van der Waals surface area contributed by atoms with Crippen molar-refractivity contribution in [2.45, 2.75) is 45.4 Å². The molecule has 186 valence electrons. The lowest BCUT2D eigenvalue weighted by atomic mass is 9.81. The van der Waals surface area contributed by atoms with Crippen molar-refractivity contribution < 1.29 is 20.1 Å². The average molecular weight is 496 g/mol. The van der Waals surface area contributed by atoms with E-state index in [1.165, 1.54) is 28.6 Å².